The number of halogens is 3. The highest BCUT2D eigenvalue weighted by Crippen LogP contribution is 2.03. The van der Waals surface area contributed by atoms with Crippen molar-refractivity contribution in [3.63, 3.8) is 0 Å². The fraction of sp³-hybridized carbons (Fsp3) is 0. The Balaban J connectivity index is 0.000000200. The highest BCUT2D eigenvalue weighted by Gasteiger charge is 2.03. The zero-order valence-electron chi connectivity index (χ0n) is 9.50. The minimum absolute atomic E-state index is 0.103. The van der Waals surface area contributed by atoms with E-state index in [4.69, 9.17) is 39.9 Å². The highest BCUT2D eigenvalue weighted by molar-refractivity contribution is 6.67. The number of nitrogens with zero attached hydrogens (tertiary/aromatic N) is 4. The Kier molecular flexibility index (Phi) is 6.23. The van der Waals surface area contributed by atoms with Gasteiger partial charge in [0, 0.05) is 0 Å². The van der Waals surface area contributed by atoms with Gasteiger partial charge < -0.3 is 5.11 Å². The number of hydrogen-bond donors (Lipinski definition) is 1. The third-order valence-corrected chi connectivity index (χ3v) is 2.28. The van der Waals surface area contributed by atoms with Crippen LogP contribution in [0.4, 0.5) is 0 Å². The molecule has 0 bridgehead atoms. The van der Waals surface area contributed by atoms with Gasteiger partial charge in [0.05, 0.1) is 0 Å². The first-order chi connectivity index (χ1) is 9.40. The molecule has 0 saturated carbocycles. The van der Waals surface area contributed by atoms with Crippen molar-refractivity contribution in [3.8, 4) is 0 Å². The first kappa shape index (κ1) is 16.2. The summed E-state index contributed by atoms with van der Waals surface area (Å²) in [7, 11) is 0. The van der Waals surface area contributed by atoms with Gasteiger partial charge in [-0.3, -0.25) is 4.79 Å². The molecule has 2 rings (SSSR count). The summed E-state index contributed by atoms with van der Waals surface area (Å²) in [4.78, 5) is 20.5. The Bertz CT molecular complexity index is 549. The van der Waals surface area contributed by atoms with Crippen molar-refractivity contribution in [1.82, 2.24) is 20.4 Å². The molecule has 2 aromatic heterocycles. The van der Waals surface area contributed by atoms with E-state index in [1.165, 1.54) is 24.3 Å². The van der Waals surface area contributed by atoms with Gasteiger partial charge >= 0.3 is 5.97 Å². The molecule has 0 spiro atoms. The first-order valence-corrected chi connectivity index (χ1v) is 5.95. The Morgan fingerprint density at radius 2 is 1.30 bits per heavy atom. The molecule has 2 aromatic rings. The Morgan fingerprint density at radius 1 is 0.850 bits per heavy atom. The maximum atomic E-state index is 10.4. The zero-order valence-corrected chi connectivity index (χ0v) is 11.8. The van der Waals surface area contributed by atoms with Gasteiger partial charge in [0.15, 0.2) is 16.0 Å². The minimum atomic E-state index is -1.11. The van der Waals surface area contributed by atoms with Gasteiger partial charge in [-0.1, -0.05) is 23.2 Å². The van der Waals surface area contributed by atoms with E-state index in [1.807, 2.05) is 0 Å². The van der Waals surface area contributed by atoms with Gasteiger partial charge in [-0.05, 0) is 35.9 Å². The Morgan fingerprint density at radius 3 is 1.60 bits per heavy atom. The van der Waals surface area contributed by atoms with Crippen LogP contribution in [-0.2, 0) is 0 Å². The predicted molar refractivity (Wildman–Crippen MR) is 71.2 cm³/mol. The van der Waals surface area contributed by atoms with Crippen LogP contribution < -0.4 is 0 Å². The number of carbonyl (C=O) groups excluding carboxylic acids is 1. The van der Waals surface area contributed by atoms with Crippen molar-refractivity contribution in [2.45, 2.75) is 0 Å². The number of carbonyl (C=O) groups is 2. The van der Waals surface area contributed by atoms with E-state index >= 15 is 0 Å². The van der Waals surface area contributed by atoms with Crippen molar-refractivity contribution >= 4 is 46.0 Å². The summed E-state index contributed by atoms with van der Waals surface area (Å²) >= 11 is 15.8. The number of aromatic carboxylic acids is 1. The fourth-order valence-corrected chi connectivity index (χ4v) is 1.15. The molecule has 20 heavy (non-hydrogen) atoms. The molecule has 0 radical (unpaired) electrons. The lowest BCUT2D eigenvalue weighted by Crippen LogP contribution is -2.00. The van der Waals surface area contributed by atoms with E-state index in [2.05, 4.69) is 20.4 Å². The van der Waals surface area contributed by atoms with Crippen LogP contribution in [0.3, 0.4) is 0 Å². The van der Waals surface area contributed by atoms with Gasteiger partial charge in [-0.15, -0.1) is 20.4 Å². The molecular formula is C10H5Cl3N4O3. The summed E-state index contributed by atoms with van der Waals surface area (Å²) in [5.41, 5.74) is -0.00420. The van der Waals surface area contributed by atoms with Gasteiger partial charge in [-0.2, -0.15) is 0 Å². The summed E-state index contributed by atoms with van der Waals surface area (Å²) in [6.45, 7) is 0. The average molecular weight is 336 g/mol. The van der Waals surface area contributed by atoms with E-state index in [9.17, 15) is 9.59 Å². The average Bonchev–Trinajstić information content (AvgIpc) is 2.40. The van der Waals surface area contributed by atoms with Crippen LogP contribution in [0.25, 0.3) is 0 Å². The molecule has 0 unspecified atom stereocenters. The van der Waals surface area contributed by atoms with Crippen LogP contribution in [0.1, 0.15) is 21.0 Å². The summed E-state index contributed by atoms with van der Waals surface area (Å²) < 4.78 is 0. The second-order valence-electron chi connectivity index (χ2n) is 3.06. The normalized spacial score (nSPS) is 9.35. The van der Waals surface area contributed by atoms with Crippen LogP contribution in [-0.4, -0.2) is 36.7 Å². The molecule has 0 amide bonds. The Labute approximate surface area is 127 Å². The number of hydrogen-bond acceptors (Lipinski definition) is 6. The maximum absolute atomic E-state index is 10.4. The van der Waals surface area contributed by atoms with Crippen molar-refractivity contribution in [2.75, 3.05) is 0 Å². The lowest BCUT2D eigenvalue weighted by molar-refractivity contribution is 0.0689. The molecule has 10 heteroatoms. The van der Waals surface area contributed by atoms with Crippen molar-refractivity contribution < 1.29 is 14.7 Å². The van der Waals surface area contributed by atoms with Crippen molar-refractivity contribution in [3.05, 3.63) is 46.0 Å². The molecule has 0 aliphatic carbocycles. The summed E-state index contributed by atoms with van der Waals surface area (Å²) in [5.74, 6) is -1.11. The number of carboxylic acids is 1. The molecule has 7 nitrogen and oxygen atoms in total. The molecule has 0 saturated heterocycles. The van der Waals surface area contributed by atoms with E-state index in [-0.39, 0.29) is 21.7 Å². The van der Waals surface area contributed by atoms with E-state index < -0.39 is 11.2 Å². The van der Waals surface area contributed by atoms with Gasteiger partial charge in [0.2, 0.25) is 0 Å². The molecule has 104 valence electrons. The van der Waals surface area contributed by atoms with Crippen LogP contribution in [0, 0.1) is 0 Å². The first-order valence-electron chi connectivity index (χ1n) is 4.81. The van der Waals surface area contributed by atoms with Gasteiger partial charge in [-0.25, -0.2) is 4.79 Å². The van der Waals surface area contributed by atoms with Crippen molar-refractivity contribution in [1.29, 1.82) is 0 Å². The number of carboxylic acid groups (broad SMARTS) is 1. The lowest BCUT2D eigenvalue weighted by Gasteiger charge is -1.89. The summed E-state index contributed by atoms with van der Waals surface area (Å²) in [6.07, 6.45) is 0. The maximum Gasteiger partial charge on any atom is 0.356 e. The van der Waals surface area contributed by atoms with Gasteiger partial charge in [0.25, 0.3) is 5.24 Å². The summed E-state index contributed by atoms with van der Waals surface area (Å²) in [6, 6.07) is 5.52. The predicted octanol–water partition coefficient (Wildman–Crippen LogP) is 2.34. The molecule has 0 aromatic carbocycles. The van der Waals surface area contributed by atoms with E-state index in [0.717, 1.165) is 0 Å². The molecule has 0 aliphatic rings. The topological polar surface area (TPSA) is 106 Å². The van der Waals surface area contributed by atoms with E-state index in [1.54, 1.807) is 0 Å². The fourth-order valence-electron chi connectivity index (χ4n) is 0.851. The lowest BCUT2D eigenvalue weighted by atomic mass is 10.4. The molecule has 1 N–H and O–H groups in total. The second-order valence-corrected chi connectivity index (χ2v) is 4.18. The highest BCUT2D eigenvalue weighted by atomic mass is 35.5. The molecule has 0 fully saturated rings. The smallest absolute Gasteiger partial charge is 0.356 e. The summed E-state index contributed by atoms with van der Waals surface area (Å²) in [5, 5.41) is 21.6. The molecule has 0 aliphatic heterocycles. The van der Waals surface area contributed by atoms with Gasteiger partial charge in [0.1, 0.15) is 5.69 Å². The Hall–Kier alpha value is -1.83. The largest absolute Gasteiger partial charge is 0.476 e. The minimum Gasteiger partial charge on any atom is -0.476 e. The zero-order chi connectivity index (χ0) is 15.1. The van der Waals surface area contributed by atoms with Crippen LogP contribution in [0.5, 0.6) is 0 Å². The molecular weight excluding hydrogens is 330 g/mol. The molecule has 0 atom stereocenters. The molecule has 2 heterocycles. The van der Waals surface area contributed by atoms with Crippen molar-refractivity contribution in [2.24, 2.45) is 0 Å². The number of rotatable bonds is 2. The quantitative estimate of drug-likeness (QED) is 0.839. The third-order valence-electron chi connectivity index (χ3n) is 1.68. The monoisotopic (exact) mass is 334 g/mol. The second kappa shape index (κ2) is 7.68. The van der Waals surface area contributed by atoms with Crippen LogP contribution in [0.15, 0.2) is 24.3 Å². The number of aromatic nitrogens is 4. The van der Waals surface area contributed by atoms with E-state index in [0.29, 0.717) is 0 Å². The van der Waals surface area contributed by atoms with Crippen LogP contribution in [0.2, 0.25) is 10.3 Å². The third kappa shape index (κ3) is 5.43. The van der Waals surface area contributed by atoms with Crippen LogP contribution >= 0.6 is 34.8 Å². The SMILES string of the molecule is O=C(Cl)c1ccc(Cl)nn1.O=C(O)c1ccc(Cl)nn1. The standard InChI is InChI=1S/C5H2Cl2N2O.C5H3ClN2O2/c6-4-2-1-3(5(7)10)8-9-4;6-4-2-1-3(5(9)10)7-8-4/h1-2H;1-2H,(H,9,10).